The number of furan rings is 1. The second-order valence-electron chi connectivity index (χ2n) is 9.48. The van der Waals surface area contributed by atoms with Crippen LogP contribution in [0.4, 0.5) is 5.69 Å². The summed E-state index contributed by atoms with van der Waals surface area (Å²) in [5.74, 6) is 0.0500. The van der Waals surface area contributed by atoms with Gasteiger partial charge in [0.25, 0.3) is 5.91 Å². The van der Waals surface area contributed by atoms with E-state index in [0.717, 1.165) is 22.3 Å². The van der Waals surface area contributed by atoms with Crippen molar-refractivity contribution in [2.45, 2.75) is 46.3 Å². The fraction of sp³-hybridized carbons (Fsp3) is 0.250. The zero-order valence-electron chi connectivity index (χ0n) is 20.3. The number of aryl methyl sites for hydroxylation is 3. The van der Waals surface area contributed by atoms with Crippen molar-refractivity contribution < 1.29 is 14.0 Å². The van der Waals surface area contributed by atoms with E-state index in [1.165, 1.54) is 0 Å². The molecule has 7 heteroatoms. The number of rotatable bonds is 5. The molecule has 0 aliphatic carbocycles. The Bertz CT molecular complexity index is 1380. The zero-order chi connectivity index (χ0) is 24.7. The van der Waals surface area contributed by atoms with Gasteiger partial charge in [-0.2, -0.15) is 5.10 Å². The second kappa shape index (κ2) is 8.58. The third kappa shape index (κ3) is 4.14. The fourth-order valence-electron chi connectivity index (χ4n) is 4.69. The fourth-order valence-corrected chi connectivity index (χ4v) is 4.69. The zero-order valence-corrected chi connectivity index (χ0v) is 20.3. The summed E-state index contributed by atoms with van der Waals surface area (Å²) in [6.45, 7) is 8.37. The van der Waals surface area contributed by atoms with E-state index in [2.05, 4.69) is 10.4 Å². The summed E-state index contributed by atoms with van der Waals surface area (Å²) >= 11 is 0. The summed E-state index contributed by atoms with van der Waals surface area (Å²) in [6, 6.07) is 19.2. The molecule has 7 nitrogen and oxygen atoms in total. The molecule has 2 aromatic heterocycles. The number of nitrogens with zero attached hydrogens (tertiary/aromatic N) is 3. The molecule has 0 spiro atoms. The first-order valence-corrected chi connectivity index (χ1v) is 11.6. The molecule has 5 rings (SSSR count). The number of nitrogens with one attached hydrogen (secondary N) is 1. The van der Waals surface area contributed by atoms with Gasteiger partial charge in [-0.05, 0) is 68.7 Å². The van der Waals surface area contributed by atoms with Gasteiger partial charge in [-0.3, -0.25) is 19.2 Å². The number of fused-ring (bicyclic) bond motifs is 1. The molecule has 178 valence electrons. The van der Waals surface area contributed by atoms with Crippen LogP contribution in [0, 0.1) is 20.8 Å². The molecular weight excluding hydrogens is 440 g/mol. The van der Waals surface area contributed by atoms with E-state index in [9.17, 15) is 9.59 Å². The van der Waals surface area contributed by atoms with Crippen molar-refractivity contribution in [1.29, 1.82) is 0 Å². The third-order valence-electron chi connectivity index (χ3n) is 6.45. The maximum Gasteiger partial charge on any atom is 0.277 e. The summed E-state index contributed by atoms with van der Waals surface area (Å²) in [7, 11) is 0. The maximum atomic E-state index is 13.9. The maximum absolute atomic E-state index is 13.9. The number of aromatic nitrogens is 2. The second-order valence-corrected chi connectivity index (χ2v) is 9.48. The van der Waals surface area contributed by atoms with Crippen LogP contribution in [0.1, 0.15) is 39.7 Å². The number of carbonyl (C=O) groups excluding carboxylic acids is 2. The Kier molecular flexibility index (Phi) is 5.55. The Balaban J connectivity index is 1.55. The van der Waals surface area contributed by atoms with Gasteiger partial charge in [0.1, 0.15) is 16.9 Å². The van der Waals surface area contributed by atoms with E-state index < -0.39 is 5.54 Å². The quantitative estimate of drug-likeness (QED) is 0.456. The molecule has 0 saturated carbocycles. The number of anilines is 1. The lowest BCUT2D eigenvalue weighted by Crippen LogP contribution is -2.64. The largest absolute Gasteiger partial charge is 0.463 e. The van der Waals surface area contributed by atoms with Crippen LogP contribution in [0.3, 0.4) is 0 Å². The third-order valence-corrected chi connectivity index (χ3v) is 6.45. The van der Waals surface area contributed by atoms with Gasteiger partial charge in [0.05, 0.1) is 12.8 Å². The number of benzene rings is 2. The molecule has 4 aromatic rings. The van der Waals surface area contributed by atoms with Gasteiger partial charge in [-0.1, -0.05) is 35.9 Å². The van der Waals surface area contributed by atoms with E-state index in [1.54, 1.807) is 41.0 Å². The Labute approximate surface area is 204 Å². The lowest BCUT2D eigenvalue weighted by atomic mass is 9.93. The summed E-state index contributed by atoms with van der Waals surface area (Å²) < 4.78 is 7.11. The van der Waals surface area contributed by atoms with E-state index in [1.807, 2.05) is 63.2 Å². The minimum atomic E-state index is -1.19. The lowest BCUT2D eigenvalue weighted by Gasteiger charge is -2.43. The predicted molar refractivity (Wildman–Crippen MR) is 134 cm³/mol. The van der Waals surface area contributed by atoms with Crippen LogP contribution in [0.25, 0.3) is 11.5 Å². The van der Waals surface area contributed by atoms with E-state index in [0.29, 0.717) is 29.4 Å². The Hall–Kier alpha value is -4.13. The van der Waals surface area contributed by atoms with Gasteiger partial charge in [0, 0.05) is 18.3 Å². The van der Waals surface area contributed by atoms with Gasteiger partial charge in [-0.25, -0.2) is 0 Å². The van der Waals surface area contributed by atoms with Crippen LogP contribution in [0.2, 0.25) is 0 Å². The molecular formula is C28H28N4O3. The first-order valence-electron chi connectivity index (χ1n) is 11.6. The van der Waals surface area contributed by atoms with E-state index in [-0.39, 0.29) is 18.4 Å². The molecule has 2 amide bonds. The smallest absolute Gasteiger partial charge is 0.277 e. The molecule has 1 aliphatic rings. The summed E-state index contributed by atoms with van der Waals surface area (Å²) in [5.41, 5.74) is 4.66. The molecule has 1 N–H and O–H groups in total. The van der Waals surface area contributed by atoms with Gasteiger partial charge in [-0.15, -0.1) is 0 Å². The Morgan fingerprint density at radius 3 is 2.40 bits per heavy atom. The van der Waals surface area contributed by atoms with Gasteiger partial charge >= 0.3 is 0 Å². The van der Waals surface area contributed by atoms with Crippen LogP contribution < -0.4 is 10.2 Å². The van der Waals surface area contributed by atoms with Gasteiger partial charge in [0.2, 0.25) is 5.91 Å². The standard InChI is InChI=1S/C28H28N4O3/c1-18-7-9-21(10-8-18)16-29-27(34)28(4)17-31-24(15-23(30-31)25-6-5-11-35-25)26(33)32(28)22-13-19(2)12-20(3)14-22/h5-15H,16-17H2,1-4H3,(H,29,34). The molecule has 3 heterocycles. The lowest BCUT2D eigenvalue weighted by molar-refractivity contribution is -0.126. The molecule has 2 aromatic carbocycles. The SMILES string of the molecule is Cc1ccc(CNC(=O)C2(C)Cn3nc(-c4ccco4)cc3C(=O)N2c2cc(C)cc(C)c2)cc1. The molecule has 0 fully saturated rings. The van der Waals surface area contributed by atoms with Crippen LogP contribution in [-0.2, 0) is 17.9 Å². The molecule has 35 heavy (non-hydrogen) atoms. The summed E-state index contributed by atoms with van der Waals surface area (Å²) in [4.78, 5) is 29.3. The first kappa shape index (κ1) is 22.7. The van der Waals surface area contributed by atoms with E-state index >= 15 is 0 Å². The molecule has 0 saturated heterocycles. The van der Waals surface area contributed by atoms with Crippen LogP contribution in [-0.4, -0.2) is 27.1 Å². The van der Waals surface area contributed by atoms with Crippen molar-refractivity contribution in [2.24, 2.45) is 0 Å². The topological polar surface area (TPSA) is 80.4 Å². The van der Waals surface area contributed by atoms with Crippen molar-refractivity contribution in [3.05, 3.63) is 94.9 Å². The van der Waals surface area contributed by atoms with Crippen molar-refractivity contribution >= 4 is 17.5 Å². The molecule has 0 bridgehead atoms. The highest BCUT2D eigenvalue weighted by Gasteiger charge is 2.49. The van der Waals surface area contributed by atoms with Gasteiger partial charge < -0.3 is 9.73 Å². The summed E-state index contributed by atoms with van der Waals surface area (Å²) in [5, 5.41) is 7.66. The number of carbonyl (C=O) groups is 2. The van der Waals surface area contributed by atoms with Crippen LogP contribution in [0.15, 0.2) is 71.3 Å². The predicted octanol–water partition coefficient (Wildman–Crippen LogP) is 4.80. The molecule has 0 radical (unpaired) electrons. The van der Waals surface area contributed by atoms with Crippen LogP contribution in [0.5, 0.6) is 0 Å². The first-order chi connectivity index (χ1) is 16.7. The summed E-state index contributed by atoms with van der Waals surface area (Å²) in [6.07, 6.45) is 1.57. The Morgan fingerprint density at radius 2 is 1.74 bits per heavy atom. The normalized spacial score (nSPS) is 17.4. The van der Waals surface area contributed by atoms with Crippen LogP contribution >= 0.6 is 0 Å². The van der Waals surface area contributed by atoms with Crippen molar-refractivity contribution in [3.8, 4) is 11.5 Å². The average Bonchev–Trinajstić information content (AvgIpc) is 3.48. The monoisotopic (exact) mass is 468 g/mol. The van der Waals surface area contributed by atoms with Crippen molar-refractivity contribution in [2.75, 3.05) is 4.90 Å². The van der Waals surface area contributed by atoms with E-state index in [4.69, 9.17) is 4.42 Å². The molecule has 1 atom stereocenters. The average molecular weight is 469 g/mol. The van der Waals surface area contributed by atoms with Crippen molar-refractivity contribution in [1.82, 2.24) is 15.1 Å². The number of hydrogen-bond donors (Lipinski definition) is 1. The minimum Gasteiger partial charge on any atom is -0.463 e. The molecule has 1 aliphatic heterocycles. The molecule has 1 unspecified atom stereocenters. The van der Waals surface area contributed by atoms with Crippen molar-refractivity contribution in [3.63, 3.8) is 0 Å². The highest BCUT2D eigenvalue weighted by molar-refractivity contribution is 6.12. The highest BCUT2D eigenvalue weighted by atomic mass is 16.3. The van der Waals surface area contributed by atoms with Gasteiger partial charge in [0.15, 0.2) is 5.76 Å². The number of hydrogen-bond acceptors (Lipinski definition) is 4. The Morgan fingerprint density at radius 1 is 1.03 bits per heavy atom. The minimum absolute atomic E-state index is 0.210. The highest BCUT2D eigenvalue weighted by Crippen LogP contribution is 2.35. The number of amides is 2.